The molecule has 1 aliphatic rings. The lowest BCUT2D eigenvalue weighted by molar-refractivity contribution is -0.126. The van der Waals surface area contributed by atoms with Crippen molar-refractivity contribution in [3.05, 3.63) is 0 Å². The zero-order chi connectivity index (χ0) is 8.10. The normalized spacial score (nSPS) is 23.0. The van der Waals surface area contributed by atoms with Crippen LogP contribution in [0.3, 0.4) is 0 Å². The second-order valence-electron chi connectivity index (χ2n) is 2.58. The Labute approximate surface area is 66.9 Å². The van der Waals surface area contributed by atoms with Crippen molar-refractivity contribution in [3.8, 4) is 11.8 Å². The van der Waals surface area contributed by atoms with E-state index < -0.39 is 0 Å². The van der Waals surface area contributed by atoms with Gasteiger partial charge in [0.1, 0.15) is 12.7 Å². The number of ketones is 1. The second-order valence-corrected chi connectivity index (χ2v) is 2.58. The lowest BCUT2D eigenvalue weighted by atomic mass is 10.3. The molecule has 0 aromatic rings. The highest BCUT2D eigenvalue weighted by Crippen LogP contribution is 2.16. The Kier molecular flexibility index (Phi) is 3.13. The van der Waals surface area contributed by atoms with Crippen LogP contribution in [0.25, 0.3) is 0 Å². The van der Waals surface area contributed by atoms with Gasteiger partial charge in [0, 0.05) is 6.42 Å². The second kappa shape index (κ2) is 4.15. The molecule has 60 valence electrons. The molecule has 0 amide bonds. The van der Waals surface area contributed by atoms with E-state index in [1.165, 1.54) is 0 Å². The monoisotopic (exact) mass is 152 g/mol. The number of hydrogen-bond donors (Lipinski definition) is 0. The molecule has 0 aromatic carbocycles. The zero-order valence-electron chi connectivity index (χ0n) is 6.72. The summed E-state index contributed by atoms with van der Waals surface area (Å²) < 4.78 is 5.23. The molecule has 0 aromatic heterocycles. The Morgan fingerprint density at radius 2 is 2.55 bits per heavy atom. The Bertz CT molecular complexity index is 197. The van der Waals surface area contributed by atoms with E-state index in [-0.39, 0.29) is 11.9 Å². The van der Waals surface area contributed by atoms with Crippen LogP contribution in [-0.2, 0) is 9.53 Å². The molecule has 0 saturated heterocycles. The van der Waals surface area contributed by atoms with E-state index in [0.717, 1.165) is 12.8 Å². The first kappa shape index (κ1) is 8.29. The van der Waals surface area contributed by atoms with Crippen molar-refractivity contribution in [1.29, 1.82) is 0 Å². The first-order chi connectivity index (χ1) is 5.34. The van der Waals surface area contributed by atoms with E-state index in [1.807, 2.05) is 0 Å². The zero-order valence-corrected chi connectivity index (χ0v) is 6.72. The third-order valence-electron chi connectivity index (χ3n) is 1.78. The molecule has 1 rings (SSSR count). The molecule has 1 fully saturated rings. The topological polar surface area (TPSA) is 26.3 Å². The van der Waals surface area contributed by atoms with Crippen molar-refractivity contribution >= 4 is 5.78 Å². The lowest BCUT2D eigenvalue weighted by Crippen LogP contribution is -2.17. The van der Waals surface area contributed by atoms with Crippen LogP contribution >= 0.6 is 0 Å². The van der Waals surface area contributed by atoms with Gasteiger partial charge < -0.3 is 4.74 Å². The summed E-state index contributed by atoms with van der Waals surface area (Å²) in [6.07, 6.45) is 2.38. The molecule has 0 spiro atoms. The average molecular weight is 152 g/mol. The van der Waals surface area contributed by atoms with E-state index >= 15 is 0 Å². The molecular formula is C9H12O2. The summed E-state index contributed by atoms with van der Waals surface area (Å²) in [5.74, 6) is 5.73. The molecule has 0 N–H and O–H groups in total. The standard InChI is InChI=1S/C9H12O2/c1-2-3-7-11-9-6-4-5-8(9)10/h9H,4-7H2,1H3. The van der Waals surface area contributed by atoms with E-state index in [9.17, 15) is 4.79 Å². The van der Waals surface area contributed by atoms with Gasteiger partial charge in [-0.3, -0.25) is 4.79 Å². The quantitative estimate of drug-likeness (QED) is 0.555. The van der Waals surface area contributed by atoms with Crippen molar-refractivity contribution in [3.63, 3.8) is 0 Å². The summed E-state index contributed by atoms with van der Waals surface area (Å²) in [7, 11) is 0. The number of ether oxygens (including phenoxy) is 1. The van der Waals surface area contributed by atoms with Gasteiger partial charge >= 0.3 is 0 Å². The van der Waals surface area contributed by atoms with Gasteiger partial charge in [0.25, 0.3) is 0 Å². The van der Waals surface area contributed by atoms with E-state index in [4.69, 9.17) is 4.74 Å². The summed E-state index contributed by atoms with van der Waals surface area (Å²) in [4.78, 5) is 11.0. The van der Waals surface area contributed by atoms with Crippen LogP contribution in [0, 0.1) is 11.8 Å². The van der Waals surface area contributed by atoms with Crippen LogP contribution in [0.1, 0.15) is 26.2 Å². The summed E-state index contributed by atoms with van der Waals surface area (Å²) >= 11 is 0. The van der Waals surface area contributed by atoms with E-state index in [2.05, 4.69) is 11.8 Å². The predicted octanol–water partition coefficient (Wildman–Crippen LogP) is 1.15. The molecule has 2 heteroatoms. The van der Waals surface area contributed by atoms with Crippen molar-refractivity contribution in [1.82, 2.24) is 0 Å². The fourth-order valence-electron chi connectivity index (χ4n) is 1.17. The number of carbonyl (C=O) groups excluding carboxylic acids is 1. The highest BCUT2D eigenvalue weighted by molar-refractivity contribution is 5.84. The number of rotatable bonds is 2. The van der Waals surface area contributed by atoms with Crippen LogP contribution in [0.15, 0.2) is 0 Å². The molecule has 1 atom stereocenters. The van der Waals surface area contributed by atoms with Crippen molar-refractivity contribution in [2.24, 2.45) is 0 Å². The molecular weight excluding hydrogens is 140 g/mol. The van der Waals surface area contributed by atoms with E-state index in [0.29, 0.717) is 13.0 Å². The number of carbonyl (C=O) groups is 1. The smallest absolute Gasteiger partial charge is 0.161 e. The Balaban J connectivity index is 2.24. The third kappa shape index (κ3) is 2.36. The van der Waals surface area contributed by atoms with Crippen LogP contribution in [-0.4, -0.2) is 18.5 Å². The minimum absolute atomic E-state index is 0.157. The number of Topliss-reactive ketones (excluding diaryl/α,β-unsaturated/α-hetero) is 1. The van der Waals surface area contributed by atoms with Crippen LogP contribution in [0.4, 0.5) is 0 Å². The molecule has 2 nitrogen and oxygen atoms in total. The van der Waals surface area contributed by atoms with Gasteiger partial charge in [0.05, 0.1) is 0 Å². The van der Waals surface area contributed by atoms with Gasteiger partial charge in [-0.25, -0.2) is 0 Å². The number of hydrogen-bond acceptors (Lipinski definition) is 2. The first-order valence-electron chi connectivity index (χ1n) is 3.88. The first-order valence-corrected chi connectivity index (χ1v) is 3.88. The van der Waals surface area contributed by atoms with Crippen molar-refractivity contribution in [2.45, 2.75) is 32.3 Å². The molecule has 1 unspecified atom stereocenters. The summed E-state index contributed by atoms with van der Waals surface area (Å²) in [6, 6.07) is 0. The maximum Gasteiger partial charge on any atom is 0.161 e. The minimum Gasteiger partial charge on any atom is -0.358 e. The molecule has 1 aliphatic carbocycles. The molecule has 0 radical (unpaired) electrons. The van der Waals surface area contributed by atoms with Gasteiger partial charge in [0.2, 0.25) is 0 Å². The summed E-state index contributed by atoms with van der Waals surface area (Å²) in [6.45, 7) is 2.16. The fraction of sp³-hybridized carbons (Fsp3) is 0.667. The van der Waals surface area contributed by atoms with E-state index in [1.54, 1.807) is 6.92 Å². The van der Waals surface area contributed by atoms with Crippen LogP contribution in [0.5, 0.6) is 0 Å². The molecule has 0 bridgehead atoms. The highest BCUT2D eigenvalue weighted by Gasteiger charge is 2.24. The van der Waals surface area contributed by atoms with Crippen molar-refractivity contribution in [2.75, 3.05) is 6.61 Å². The molecule has 0 aliphatic heterocycles. The lowest BCUT2D eigenvalue weighted by Gasteiger charge is -2.05. The minimum atomic E-state index is -0.157. The van der Waals surface area contributed by atoms with Gasteiger partial charge in [-0.15, -0.1) is 5.92 Å². The maximum absolute atomic E-state index is 11.0. The molecule has 1 saturated carbocycles. The SMILES string of the molecule is CC#CCOC1CCCC1=O. The van der Waals surface area contributed by atoms with Crippen LogP contribution in [0.2, 0.25) is 0 Å². The Morgan fingerprint density at radius 3 is 3.09 bits per heavy atom. The molecule has 0 heterocycles. The van der Waals surface area contributed by atoms with Crippen molar-refractivity contribution < 1.29 is 9.53 Å². The molecule has 11 heavy (non-hydrogen) atoms. The highest BCUT2D eigenvalue weighted by atomic mass is 16.5. The Hall–Kier alpha value is -0.810. The van der Waals surface area contributed by atoms with Gasteiger partial charge in [-0.05, 0) is 19.8 Å². The summed E-state index contributed by atoms with van der Waals surface area (Å²) in [5, 5.41) is 0. The fourth-order valence-corrected chi connectivity index (χ4v) is 1.17. The third-order valence-corrected chi connectivity index (χ3v) is 1.78. The predicted molar refractivity (Wildman–Crippen MR) is 42.0 cm³/mol. The Morgan fingerprint density at radius 1 is 1.73 bits per heavy atom. The summed E-state index contributed by atoms with van der Waals surface area (Å²) in [5.41, 5.74) is 0. The van der Waals surface area contributed by atoms with Gasteiger partial charge in [0.15, 0.2) is 5.78 Å². The van der Waals surface area contributed by atoms with Gasteiger partial charge in [-0.1, -0.05) is 5.92 Å². The largest absolute Gasteiger partial charge is 0.358 e. The van der Waals surface area contributed by atoms with Crippen LogP contribution < -0.4 is 0 Å². The van der Waals surface area contributed by atoms with Gasteiger partial charge in [-0.2, -0.15) is 0 Å². The average Bonchev–Trinajstić information content (AvgIpc) is 2.37. The maximum atomic E-state index is 11.0.